The van der Waals surface area contributed by atoms with Crippen molar-refractivity contribution in [3.63, 3.8) is 0 Å². The molecule has 0 N–H and O–H groups in total. The van der Waals surface area contributed by atoms with Crippen LogP contribution in [0.4, 0.5) is 0 Å². The van der Waals surface area contributed by atoms with Gasteiger partial charge in [-0.05, 0) is 45.7 Å². The van der Waals surface area contributed by atoms with Gasteiger partial charge in [0.2, 0.25) is 0 Å². The average molecular weight is 302 g/mol. The van der Waals surface area contributed by atoms with Crippen molar-refractivity contribution >= 4 is 17.5 Å². The fourth-order valence-corrected chi connectivity index (χ4v) is 5.06. The monoisotopic (exact) mass is 302 g/mol. The Morgan fingerprint density at radius 1 is 1.24 bits per heavy atom. The maximum atomic E-state index is 13.3. The minimum Gasteiger partial charge on any atom is -0.485 e. The summed E-state index contributed by atoms with van der Waals surface area (Å²) in [4.78, 5) is 13.3. The number of hydrogen-bond acceptors (Lipinski definition) is 3. The lowest BCUT2D eigenvalue weighted by Gasteiger charge is -2.51. The van der Waals surface area contributed by atoms with Gasteiger partial charge in [0, 0.05) is 5.75 Å². The molecule has 112 valence electrons. The molecule has 0 bridgehead atoms. The number of hydrogen-bond donors (Lipinski definition) is 0. The number of para-hydroxylation sites is 1. The quantitative estimate of drug-likeness (QED) is 0.707. The highest BCUT2D eigenvalue weighted by molar-refractivity contribution is 8.01. The number of thioether (sulfide) groups is 1. The van der Waals surface area contributed by atoms with Crippen molar-refractivity contribution < 1.29 is 9.53 Å². The summed E-state index contributed by atoms with van der Waals surface area (Å²) in [5.74, 6) is 1.89. The van der Waals surface area contributed by atoms with Gasteiger partial charge in [-0.25, -0.2) is 0 Å². The van der Waals surface area contributed by atoms with Crippen LogP contribution in [0.25, 0.3) is 0 Å². The first-order chi connectivity index (χ1) is 9.93. The molecule has 0 fully saturated rings. The Hall–Kier alpha value is -1.22. The Balaban J connectivity index is 2.17. The number of rotatable bonds is 1. The van der Waals surface area contributed by atoms with Crippen LogP contribution in [-0.4, -0.2) is 21.9 Å². The van der Waals surface area contributed by atoms with Crippen molar-refractivity contribution in [1.29, 1.82) is 0 Å². The molecule has 0 amide bonds. The van der Waals surface area contributed by atoms with E-state index in [2.05, 4.69) is 27.7 Å². The van der Waals surface area contributed by atoms with Crippen molar-refractivity contribution in [2.45, 2.75) is 50.9 Å². The third kappa shape index (κ3) is 1.97. The van der Waals surface area contributed by atoms with E-state index in [0.29, 0.717) is 0 Å². The Morgan fingerprint density at radius 3 is 2.62 bits per heavy atom. The van der Waals surface area contributed by atoms with Gasteiger partial charge in [-0.15, -0.1) is 11.8 Å². The van der Waals surface area contributed by atoms with E-state index in [-0.39, 0.29) is 5.78 Å². The SMILES string of the molecule is CCC1(C)Oc2ccccc2C(=O)C12CC(C)=C(C)CS2. The van der Waals surface area contributed by atoms with Crippen LogP contribution in [-0.2, 0) is 0 Å². The summed E-state index contributed by atoms with van der Waals surface area (Å²) in [6, 6.07) is 7.67. The van der Waals surface area contributed by atoms with E-state index in [1.165, 1.54) is 11.1 Å². The fraction of sp³-hybridized carbons (Fsp3) is 0.500. The minimum absolute atomic E-state index is 0.241. The van der Waals surface area contributed by atoms with Gasteiger partial charge in [0.1, 0.15) is 16.1 Å². The van der Waals surface area contributed by atoms with Gasteiger partial charge >= 0.3 is 0 Å². The maximum absolute atomic E-state index is 13.3. The lowest BCUT2D eigenvalue weighted by molar-refractivity contribution is 0.0245. The van der Waals surface area contributed by atoms with Crippen LogP contribution in [0, 0.1) is 0 Å². The molecule has 3 heteroatoms. The van der Waals surface area contributed by atoms with Gasteiger partial charge in [0.25, 0.3) is 0 Å². The summed E-state index contributed by atoms with van der Waals surface area (Å²) < 4.78 is 5.87. The molecule has 21 heavy (non-hydrogen) atoms. The van der Waals surface area contributed by atoms with Crippen molar-refractivity contribution in [3.05, 3.63) is 41.0 Å². The molecule has 1 aromatic carbocycles. The molecule has 1 aromatic rings. The van der Waals surface area contributed by atoms with Crippen molar-refractivity contribution in [1.82, 2.24) is 0 Å². The zero-order chi connectivity index (χ0) is 15.3. The van der Waals surface area contributed by atoms with Crippen LogP contribution in [0.5, 0.6) is 5.75 Å². The second-order valence-electron chi connectivity index (χ2n) is 6.36. The van der Waals surface area contributed by atoms with Crippen LogP contribution < -0.4 is 4.74 Å². The highest BCUT2D eigenvalue weighted by atomic mass is 32.2. The number of carbonyl (C=O) groups is 1. The maximum Gasteiger partial charge on any atom is 0.186 e. The van der Waals surface area contributed by atoms with Gasteiger partial charge < -0.3 is 4.74 Å². The molecule has 0 radical (unpaired) electrons. The van der Waals surface area contributed by atoms with Crippen molar-refractivity contribution in [2.24, 2.45) is 0 Å². The first-order valence-electron chi connectivity index (χ1n) is 7.55. The number of carbonyl (C=O) groups excluding carboxylic acids is 1. The Kier molecular flexibility index (Phi) is 3.44. The highest BCUT2D eigenvalue weighted by Crippen LogP contribution is 2.54. The van der Waals surface area contributed by atoms with Crippen molar-refractivity contribution in [3.8, 4) is 5.75 Å². The fourth-order valence-electron chi connectivity index (χ4n) is 3.30. The van der Waals surface area contributed by atoms with E-state index in [1.807, 2.05) is 24.3 Å². The van der Waals surface area contributed by atoms with Crippen LogP contribution in [0.1, 0.15) is 50.9 Å². The minimum atomic E-state index is -0.486. The third-order valence-electron chi connectivity index (χ3n) is 5.14. The highest BCUT2D eigenvalue weighted by Gasteiger charge is 2.59. The van der Waals surface area contributed by atoms with Gasteiger partial charge in [-0.2, -0.15) is 0 Å². The molecule has 0 saturated heterocycles. The number of ketones is 1. The standard InChI is InChI=1S/C18H22O2S/c1-5-17(4)18(10-12(2)13(3)11-21-18)16(19)14-8-6-7-9-15(14)20-17/h6-9H,5,10-11H2,1-4H3. The van der Waals surface area contributed by atoms with E-state index in [1.54, 1.807) is 11.8 Å². The van der Waals surface area contributed by atoms with Crippen LogP contribution in [0.3, 0.4) is 0 Å². The third-order valence-corrected chi connectivity index (χ3v) is 6.97. The number of allylic oxidation sites excluding steroid dienone is 1. The van der Waals surface area contributed by atoms with Gasteiger partial charge in [-0.3, -0.25) is 4.79 Å². The second-order valence-corrected chi connectivity index (χ2v) is 7.64. The molecular weight excluding hydrogens is 280 g/mol. The Morgan fingerprint density at radius 2 is 1.95 bits per heavy atom. The molecule has 0 aliphatic carbocycles. The molecule has 2 heterocycles. The molecule has 2 atom stereocenters. The van der Waals surface area contributed by atoms with Gasteiger partial charge in [0.05, 0.1) is 5.56 Å². The summed E-state index contributed by atoms with van der Waals surface area (Å²) in [6.45, 7) is 8.53. The number of benzene rings is 1. The van der Waals surface area contributed by atoms with E-state index in [4.69, 9.17) is 4.74 Å². The van der Waals surface area contributed by atoms with Gasteiger partial charge in [0.15, 0.2) is 5.78 Å². The van der Waals surface area contributed by atoms with E-state index >= 15 is 0 Å². The lowest BCUT2D eigenvalue weighted by atomic mass is 9.73. The number of Topliss-reactive ketones (excluding diaryl/α,β-unsaturated/α-hetero) is 1. The average Bonchev–Trinajstić information content (AvgIpc) is 2.49. The predicted molar refractivity (Wildman–Crippen MR) is 88.3 cm³/mol. The number of ether oxygens (including phenoxy) is 1. The summed E-state index contributed by atoms with van der Waals surface area (Å²) >= 11 is 1.77. The molecule has 2 aliphatic rings. The molecule has 0 saturated carbocycles. The summed E-state index contributed by atoms with van der Waals surface area (Å²) in [6.07, 6.45) is 1.62. The summed E-state index contributed by atoms with van der Waals surface area (Å²) in [5, 5.41) is 0. The predicted octanol–water partition coefficient (Wildman–Crippen LogP) is 4.64. The summed E-state index contributed by atoms with van der Waals surface area (Å²) in [5.41, 5.74) is 3.02. The Bertz CT molecular complexity index is 634. The molecular formula is C18H22O2S. The normalized spacial score (nSPS) is 32.1. The van der Waals surface area contributed by atoms with Crippen molar-refractivity contribution in [2.75, 3.05) is 5.75 Å². The van der Waals surface area contributed by atoms with E-state index in [0.717, 1.165) is 29.9 Å². The first-order valence-corrected chi connectivity index (χ1v) is 8.54. The van der Waals surface area contributed by atoms with Crippen LogP contribution in [0.15, 0.2) is 35.4 Å². The second kappa shape index (κ2) is 4.91. The first kappa shape index (κ1) is 14.7. The molecule has 1 spiro atoms. The summed E-state index contributed by atoms with van der Waals surface area (Å²) in [7, 11) is 0. The topological polar surface area (TPSA) is 26.3 Å². The zero-order valence-corrected chi connectivity index (χ0v) is 14.0. The van der Waals surface area contributed by atoms with E-state index in [9.17, 15) is 4.79 Å². The molecule has 2 unspecified atom stereocenters. The molecule has 3 rings (SSSR count). The lowest BCUT2D eigenvalue weighted by Crippen LogP contribution is -2.62. The smallest absolute Gasteiger partial charge is 0.186 e. The van der Waals surface area contributed by atoms with Crippen LogP contribution in [0.2, 0.25) is 0 Å². The Labute approximate surface area is 131 Å². The molecule has 2 aliphatic heterocycles. The molecule has 0 aromatic heterocycles. The molecule has 2 nitrogen and oxygen atoms in total. The zero-order valence-electron chi connectivity index (χ0n) is 13.2. The van der Waals surface area contributed by atoms with Gasteiger partial charge in [-0.1, -0.05) is 30.2 Å². The largest absolute Gasteiger partial charge is 0.485 e. The number of fused-ring (bicyclic) bond motifs is 1. The van der Waals surface area contributed by atoms with E-state index < -0.39 is 10.3 Å². The van der Waals surface area contributed by atoms with Crippen LogP contribution >= 0.6 is 11.8 Å².